The number of carbonyl (C=O) groups is 1. The van der Waals surface area contributed by atoms with Crippen LogP contribution < -0.4 is 25.4 Å². The third-order valence-electron chi connectivity index (χ3n) is 4.52. The Morgan fingerprint density at radius 1 is 0.906 bits per heavy atom. The molecule has 0 atom stereocenters. The monoisotopic (exact) mass is 554 g/mol. The van der Waals surface area contributed by atoms with Gasteiger partial charge in [-0.2, -0.15) is 0 Å². The SMILES string of the molecule is CCNC(=NCc1ccc(C(=O)NC)cc1)NCCc1ccc(OCC)c(OCC)c1.I. The number of hydrogen-bond donors (Lipinski definition) is 3. The number of carbonyl (C=O) groups excluding carboxylic acids is 1. The van der Waals surface area contributed by atoms with Crippen LogP contribution in [-0.4, -0.2) is 45.2 Å². The summed E-state index contributed by atoms with van der Waals surface area (Å²) >= 11 is 0. The van der Waals surface area contributed by atoms with E-state index in [0.29, 0.717) is 25.3 Å². The molecule has 176 valence electrons. The lowest BCUT2D eigenvalue weighted by Gasteiger charge is -2.14. The number of halogens is 1. The zero-order chi connectivity index (χ0) is 22.5. The lowest BCUT2D eigenvalue weighted by molar-refractivity contribution is 0.0963. The van der Waals surface area contributed by atoms with Gasteiger partial charge < -0.3 is 25.4 Å². The predicted octanol–water partition coefficient (Wildman–Crippen LogP) is 3.76. The number of ether oxygens (including phenoxy) is 2. The highest BCUT2D eigenvalue weighted by atomic mass is 127. The number of aliphatic imine (C=N–C) groups is 1. The number of hydrogen-bond acceptors (Lipinski definition) is 4. The second-order valence-electron chi connectivity index (χ2n) is 6.80. The van der Waals surface area contributed by atoms with E-state index in [1.165, 1.54) is 5.56 Å². The van der Waals surface area contributed by atoms with E-state index in [2.05, 4.69) is 27.0 Å². The summed E-state index contributed by atoms with van der Waals surface area (Å²) in [5.74, 6) is 2.22. The molecule has 2 aromatic rings. The molecule has 0 spiro atoms. The molecule has 2 aromatic carbocycles. The number of nitrogens with zero attached hydrogens (tertiary/aromatic N) is 1. The molecule has 0 unspecified atom stereocenters. The average molecular weight is 554 g/mol. The van der Waals surface area contributed by atoms with Crippen molar-refractivity contribution in [1.29, 1.82) is 0 Å². The molecule has 3 N–H and O–H groups in total. The molecule has 1 amide bonds. The van der Waals surface area contributed by atoms with Gasteiger partial charge in [-0.25, -0.2) is 4.99 Å². The van der Waals surface area contributed by atoms with E-state index < -0.39 is 0 Å². The van der Waals surface area contributed by atoms with Gasteiger partial charge in [-0.3, -0.25) is 4.79 Å². The van der Waals surface area contributed by atoms with Gasteiger partial charge in [0.2, 0.25) is 0 Å². The maximum Gasteiger partial charge on any atom is 0.251 e. The fourth-order valence-corrected chi connectivity index (χ4v) is 2.99. The molecule has 0 aliphatic rings. The van der Waals surface area contributed by atoms with Crippen LogP contribution in [0.25, 0.3) is 0 Å². The zero-order valence-corrected chi connectivity index (χ0v) is 21.7. The highest BCUT2D eigenvalue weighted by molar-refractivity contribution is 14.0. The van der Waals surface area contributed by atoms with Crippen molar-refractivity contribution in [3.63, 3.8) is 0 Å². The summed E-state index contributed by atoms with van der Waals surface area (Å²) in [6, 6.07) is 13.5. The van der Waals surface area contributed by atoms with Gasteiger partial charge in [-0.05, 0) is 62.6 Å². The molecule has 0 saturated carbocycles. The van der Waals surface area contributed by atoms with E-state index in [9.17, 15) is 4.79 Å². The highest BCUT2D eigenvalue weighted by Crippen LogP contribution is 2.28. The smallest absolute Gasteiger partial charge is 0.251 e. The summed E-state index contributed by atoms with van der Waals surface area (Å²) in [7, 11) is 1.62. The fraction of sp³-hybridized carbons (Fsp3) is 0.417. The van der Waals surface area contributed by atoms with Crippen LogP contribution in [0.15, 0.2) is 47.5 Å². The molecule has 0 aromatic heterocycles. The molecular weight excluding hydrogens is 519 g/mol. The number of nitrogens with one attached hydrogen (secondary N) is 3. The quantitative estimate of drug-likeness (QED) is 0.224. The molecule has 0 aliphatic carbocycles. The molecule has 32 heavy (non-hydrogen) atoms. The Hall–Kier alpha value is -2.49. The first-order chi connectivity index (χ1) is 15.1. The van der Waals surface area contributed by atoms with E-state index in [-0.39, 0.29) is 29.9 Å². The molecule has 2 rings (SSSR count). The minimum Gasteiger partial charge on any atom is -0.490 e. The van der Waals surface area contributed by atoms with Crippen molar-refractivity contribution in [3.8, 4) is 11.5 Å². The van der Waals surface area contributed by atoms with Crippen LogP contribution in [0.3, 0.4) is 0 Å². The predicted molar refractivity (Wildman–Crippen MR) is 141 cm³/mol. The van der Waals surface area contributed by atoms with Gasteiger partial charge in [0.25, 0.3) is 5.91 Å². The summed E-state index contributed by atoms with van der Waals surface area (Å²) in [6.07, 6.45) is 0.831. The van der Waals surface area contributed by atoms with Crippen molar-refractivity contribution in [3.05, 3.63) is 59.2 Å². The first kappa shape index (κ1) is 27.5. The standard InChI is InChI=1S/C24H34N4O3.HI/c1-5-26-24(28-17-19-8-11-20(12-9-19)23(29)25-4)27-15-14-18-10-13-21(30-6-2)22(16-18)31-7-3;/h8-13,16H,5-7,14-15,17H2,1-4H3,(H,25,29)(H2,26,27,28);1H. The average Bonchev–Trinajstić information content (AvgIpc) is 2.79. The van der Waals surface area contributed by atoms with E-state index >= 15 is 0 Å². The summed E-state index contributed by atoms with van der Waals surface area (Å²) < 4.78 is 11.3. The van der Waals surface area contributed by atoms with E-state index in [1.54, 1.807) is 7.05 Å². The number of rotatable bonds is 11. The van der Waals surface area contributed by atoms with Gasteiger partial charge in [-0.15, -0.1) is 24.0 Å². The fourth-order valence-electron chi connectivity index (χ4n) is 2.99. The Bertz CT molecular complexity index is 857. The first-order valence-electron chi connectivity index (χ1n) is 10.8. The molecule has 0 bridgehead atoms. The molecular formula is C24H35IN4O3. The Kier molecular flexibility index (Phi) is 13.2. The van der Waals surface area contributed by atoms with Crippen molar-refractivity contribution in [2.45, 2.75) is 33.7 Å². The van der Waals surface area contributed by atoms with Crippen LogP contribution >= 0.6 is 24.0 Å². The van der Waals surface area contributed by atoms with Crippen LogP contribution in [0, 0.1) is 0 Å². The van der Waals surface area contributed by atoms with Gasteiger partial charge in [0.1, 0.15) is 0 Å². The minimum atomic E-state index is -0.0909. The van der Waals surface area contributed by atoms with Crippen LogP contribution in [0.1, 0.15) is 42.3 Å². The third kappa shape index (κ3) is 8.94. The minimum absolute atomic E-state index is 0. The van der Waals surface area contributed by atoms with Crippen LogP contribution in [-0.2, 0) is 13.0 Å². The molecule has 7 nitrogen and oxygen atoms in total. The van der Waals surface area contributed by atoms with Crippen molar-refractivity contribution in [2.75, 3.05) is 33.4 Å². The lowest BCUT2D eigenvalue weighted by Crippen LogP contribution is -2.38. The van der Waals surface area contributed by atoms with Crippen molar-refractivity contribution < 1.29 is 14.3 Å². The third-order valence-corrected chi connectivity index (χ3v) is 4.52. The van der Waals surface area contributed by atoms with Gasteiger partial charge in [0.05, 0.1) is 19.8 Å². The number of amides is 1. The summed E-state index contributed by atoms with van der Waals surface area (Å²) in [4.78, 5) is 16.3. The summed E-state index contributed by atoms with van der Waals surface area (Å²) in [6.45, 7) is 9.22. The summed E-state index contributed by atoms with van der Waals surface area (Å²) in [5, 5.41) is 9.26. The second-order valence-corrected chi connectivity index (χ2v) is 6.80. The molecule has 0 fully saturated rings. The van der Waals surface area contributed by atoms with E-state index in [1.807, 2.05) is 57.2 Å². The summed E-state index contributed by atoms with van der Waals surface area (Å²) in [5.41, 5.74) is 2.85. The number of guanidine groups is 1. The maximum absolute atomic E-state index is 11.6. The Morgan fingerprint density at radius 3 is 2.19 bits per heavy atom. The zero-order valence-electron chi connectivity index (χ0n) is 19.4. The highest BCUT2D eigenvalue weighted by Gasteiger charge is 2.07. The van der Waals surface area contributed by atoms with Crippen molar-refractivity contribution >= 4 is 35.8 Å². The van der Waals surface area contributed by atoms with E-state index in [4.69, 9.17) is 9.47 Å². The van der Waals surface area contributed by atoms with E-state index in [0.717, 1.165) is 42.5 Å². The van der Waals surface area contributed by atoms with Gasteiger partial charge in [0.15, 0.2) is 17.5 Å². The number of benzene rings is 2. The Labute approximate surface area is 208 Å². The molecule has 0 aliphatic heterocycles. The Morgan fingerprint density at radius 2 is 1.56 bits per heavy atom. The first-order valence-corrected chi connectivity index (χ1v) is 10.8. The molecule has 0 radical (unpaired) electrons. The maximum atomic E-state index is 11.6. The van der Waals surface area contributed by atoms with Crippen LogP contribution in [0.4, 0.5) is 0 Å². The van der Waals surface area contributed by atoms with Crippen LogP contribution in [0.2, 0.25) is 0 Å². The lowest BCUT2D eigenvalue weighted by atomic mass is 10.1. The Balaban J connectivity index is 0.00000512. The molecule has 0 saturated heterocycles. The van der Waals surface area contributed by atoms with Crippen LogP contribution in [0.5, 0.6) is 11.5 Å². The second kappa shape index (κ2) is 15.3. The largest absolute Gasteiger partial charge is 0.490 e. The van der Waals surface area contributed by atoms with Crippen molar-refractivity contribution in [1.82, 2.24) is 16.0 Å². The molecule has 8 heteroatoms. The van der Waals surface area contributed by atoms with Gasteiger partial charge in [0, 0.05) is 25.7 Å². The van der Waals surface area contributed by atoms with Gasteiger partial charge in [-0.1, -0.05) is 18.2 Å². The molecule has 0 heterocycles. The topological polar surface area (TPSA) is 84.0 Å². The normalized spacial score (nSPS) is 10.7. The van der Waals surface area contributed by atoms with Crippen molar-refractivity contribution in [2.24, 2.45) is 4.99 Å². The van der Waals surface area contributed by atoms with Gasteiger partial charge >= 0.3 is 0 Å².